The number of carbonyl (C=O) groups excluding carboxylic acids is 1. The molecule has 104 valence electrons. The number of amides is 1. The van der Waals surface area contributed by atoms with Gasteiger partial charge < -0.3 is 16.0 Å². The van der Waals surface area contributed by atoms with Crippen molar-refractivity contribution in [3.63, 3.8) is 0 Å². The number of nitrogens with zero attached hydrogens (tertiary/aromatic N) is 3. The molecular formula is C13H21N5O. The van der Waals surface area contributed by atoms with Gasteiger partial charge in [-0.1, -0.05) is 0 Å². The molecule has 6 nitrogen and oxygen atoms in total. The number of rotatable bonds is 3. The van der Waals surface area contributed by atoms with E-state index in [1.807, 2.05) is 0 Å². The summed E-state index contributed by atoms with van der Waals surface area (Å²) in [4.78, 5) is 13.2. The van der Waals surface area contributed by atoms with Crippen LogP contribution in [-0.2, 0) is 0 Å². The van der Waals surface area contributed by atoms with E-state index in [0.29, 0.717) is 17.8 Å². The fourth-order valence-corrected chi connectivity index (χ4v) is 2.23. The van der Waals surface area contributed by atoms with Gasteiger partial charge in [-0.05, 0) is 37.8 Å². The summed E-state index contributed by atoms with van der Waals surface area (Å²) in [5.74, 6) is 0.582. The lowest BCUT2D eigenvalue weighted by molar-refractivity contribution is 0.0821. The number of hydrogen-bond donors (Lipinski definition) is 2. The number of aromatic nitrogens is 2. The minimum atomic E-state index is -0.136. The van der Waals surface area contributed by atoms with E-state index in [1.165, 1.54) is 4.90 Å². The molecule has 0 aromatic carbocycles. The molecule has 0 bridgehead atoms. The van der Waals surface area contributed by atoms with Gasteiger partial charge in [-0.2, -0.15) is 0 Å². The van der Waals surface area contributed by atoms with Gasteiger partial charge >= 0.3 is 0 Å². The van der Waals surface area contributed by atoms with Crippen molar-refractivity contribution in [3.8, 4) is 0 Å². The molecule has 2 rings (SSSR count). The molecule has 0 unspecified atom stereocenters. The Morgan fingerprint density at radius 1 is 1.26 bits per heavy atom. The lowest BCUT2D eigenvalue weighted by Crippen LogP contribution is -2.33. The first-order valence-electron chi connectivity index (χ1n) is 6.64. The highest BCUT2D eigenvalue weighted by atomic mass is 16.2. The van der Waals surface area contributed by atoms with Crippen LogP contribution in [0, 0.1) is 0 Å². The van der Waals surface area contributed by atoms with Crippen LogP contribution in [-0.4, -0.2) is 47.2 Å². The topological polar surface area (TPSA) is 84.1 Å². The molecule has 0 spiro atoms. The largest absolute Gasteiger partial charge is 0.366 e. The molecule has 1 heterocycles. The highest BCUT2D eigenvalue weighted by Crippen LogP contribution is 2.20. The Hall–Kier alpha value is -1.69. The molecule has 1 saturated carbocycles. The number of hydrogen-bond acceptors (Lipinski definition) is 5. The first-order valence-corrected chi connectivity index (χ1v) is 6.64. The number of carbonyl (C=O) groups is 1. The summed E-state index contributed by atoms with van der Waals surface area (Å²) in [5, 5.41) is 11.4. The van der Waals surface area contributed by atoms with E-state index in [9.17, 15) is 4.79 Å². The van der Waals surface area contributed by atoms with Gasteiger partial charge in [0.05, 0.1) is 0 Å². The number of anilines is 1. The molecule has 1 aliphatic carbocycles. The standard InChI is InChI=1S/C13H21N5O/c1-18(2)13(19)11-7-8-12(17-16-11)15-10-5-3-9(14)4-6-10/h7-10H,3-6,14H2,1-2H3,(H,15,17). The monoisotopic (exact) mass is 263 g/mol. The molecule has 3 N–H and O–H groups in total. The Bertz CT molecular complexity index is 423. The van der Waals surface area contributed by atoms with E-state index in [4.69, 9.17) is 5.73 Å². The molecule has 1 aromatic rings. The first-order chi connectivity index (χ1) is 9.06. The predicted octanol–water partition coefficient (Wildman–Crippen LogP) is 0.860. The van der Waals surface area contributed by atoms with Crippen molar-refractivity contribution in [2.45, 2.75) is 37.8 Å². The molecule has 1 amide bonds. The van der Waals surface area contributed by atoms with Gasteiger partial charge in [-0.15, -0.1) is 10.2 Å². The van der Waals surface area contributed by atoms with E-state index < -0.39 is 0 Å². The van der Waals surface area contributed by atoms with Crippen molar-refractivity contribution >= 4 is 11.7 Å². The summed E-state index contributed by atoms with van der Waals surface area (Å²) in [6, 6.07) is 4.25. The zero-order valence-corrected chi connectivity index (χ0v) is 11.5. The molecule has 0 radical (unpaired) electrons. The first kappa shape index (κ1) is 13.7. The van der Waals surface area contributed by atoms with Crippen LogP contribution in [0.4, 0.5) is 5.82 Å². The highest BCUT2D eigenvalue weighted by Gasteiger charge is 2.19. The van der Waals surface area contributed by atoms with Gasteiger partial charge in [-0.25, -0.2) is 0 Å². The molecule has 19 heavy (non-hydrogen) atoms. The molecule has 6 heteroatoms. The second-order valence-corrected chi connectivity index (χ2v) is 5.26. The summed E-state index contributed by atoms with van der Waals surface area (Å²) in [7, 11) is 3.39. The van der Waals surface area contributed by atoms with Crippen LogP contribution >= 0.6 is 0 Å². The minimum Gasteiger partial charge on any atom is -0.366 e. The average Bonchev–Trinajstić information content (AvgIpc) is 2.41. The predicted molar refractivity (Wildman–Crippen MR) is 73.9 cm³/mol. The summed E-state index contributed by atoms with van der Waals surface area (Å²) >= 11 is 0. The molecule has 1 aromatic heterocycles. The van der Waals surface area contributed by atoms with Crippen LogP contribution < -0.4 is 11.1 Å². The average molecular weight is 263 g/mol. The smallest absolute Gasteiger partial charge is 0.273 e. The maximum absolute atomic E-state index is 11.7. The van der Waals surface area contributed by atoms with E-state index in [2.05, 4.69) is 15.5 Å². The summed E-state index contributed by atoms with van der Waals surface area (Å²) in [5.41, 5.74) is 6.24. The van der Waals surface area contributed by atoms with Gasteiger partial charge in [0.1, 0.15) is 5.82 Å². The molecule has 0 aliphatic heterocycles. The third-order valence-electron chi connectivity index (χ3n) is 3.41. The summed E-state index contributed by atoms with van der Waals surface area (Å²) < 4.78 is 0. The maximum atomic E-state index is 11.7. The van der Waals surface area contributed by atoms with Crippen LogP contribution in [0.3, 0.4) is 0 Å². The van der Waals surface area contributed by atoms with Crippen molar-refractivity contribution in [1.82, 2.24) is 15.1 Å². The quantitative estimate of drug-likeness (QED) is 0.845. The van der Waals surface area contributed by atoms with Crippen molar-refractivity contribution < 1.29 is 4.79 Å². The minimum absolute atomic E-state index is 0.136. The van der Waals surface area contributed by atoms with Gasteiger partial charge in [-0.3, -0.25) is 4.79 Å². The number of nitrogens with two attached hydrogens (primary N) is 1. The molecule has 0 atom stereocenters. The van der Waals surface area contributed by atoms with E-state index in [-0.39, 0.29) is 5.91 Å². The van der Waals surface area contributed by atoms with Crippen LogP contribution in [0.2, 0.25) is 0 Å². The van der Waals surface area contributed by atoms with Crippen molar-refractivity contribution in [2.24, 2.45) is 5.73 Å². The third-order valence-corrected chi connectivity index (χ3v) is 3.41. The summed E-state index contributed by atoms with van der Waals surface area (Å²) in [6.07, 6.45) is 4.20. The van der Waals surface area contributed by atoms with E-state index in [0.717, 1.165) is 31.5 Å². The fourth-order valence-electron chi connectivity index (χ4n) is 2.23. The Morgan fingerprint density at radius 2 is 1.95 bits per heavy atom. The second kappa shape index (κ2) is 5.97. The van der Waals surface area contributed by atoms with Crippen molar-refractivity contribution in [1.29, 1.82) is 0 Å². The highest BCUT2D eigenvalue weighted by molar-refractivity contribution is 5.91. The van der Waals surface area contributed by atoms with Crippen LogP contribution in [0.25, 0.3) is 0 Å². The third kappa shape index (κ3) is 3.64. The van der Waals surface area contributed by atoms with Gasteiger partial charge in [0.15, 0.2) is 5.69 Å². The molecule has 0 saturated heterocycles. The zero-order valence-electron chi connectivity index (χ0n) is 11.5. The zero-order chi connectivity index (χ0) is 13.8. The lowest BCUT2D eigenvalue weighted by atomic mass is 9.92. The van der Waals surface area contributed by atoms with E-state index in [1.54, 1.807) is 26.2 Å². The Balaban J connectivity index is 1.93. The van der Waals surface area contributed by atoms with Gasteiger partial charge in [0, 0.05) is 26.2 Å². The lowest BCUT2D eigenvalue weighted by Gasteiger charge is -2.27. The molecular weight excluding hydrogens is 242 g/mol. The van der Waals surface area contributed by atoms with Gasteiger partial charge in [0.2, 0.25) is 0 Å². The molecule has 1 aliphatic rings. The maximum Gasteiger partial charge on any atom is 0.273 e. The molecule has 1 fully saturated rings. The Morgan fingerprint density at radius 3 is 2.47 bits per heavy atom. The van der Waals surface area contributed by atoms with Crippen molar-refractivity contribution in [2.75, 3.05) is 19.4 Å². The van der Waals surface area contributed by atoms with Crippen LogP contribution in [0.15, 0.2) is 12.1 Å². The SMILES string of the molecule is CN(C)C(=O)c1ccc(NC2CCC(N)CC2)nn1. The second-order valence-electron chi connectivity index (χ2n) is 5.26. The van der Waals surface area contributed by atoms with Gasteiger partial charge in [0.25, 0.3) is 5.91 Å². The fraction of sp³-hybridized carbons (Fsp3) is 0.615. The number of nitrogens with one attached hydrogen (secondary N) is 1. The Labute approximate surface area is 113 Å². The summed E-state index contributed by atoms with van der Waals surface area (Å²) in [6.45, 7) is 0. The van der Waals surface area contributed by atoms with Crippen molar-refractivity contribution in [3.05, 3.63) is 17.8 Å². The van der Waals surface area contributed by atoms with Crippen LogP contribution in [0.5, 0.6) is 0 Å². The normalized spacial score (nSPS) is 22.9. The van der Waals surface area contributed by atoms with E-state index >= 15 is 0 Å². The van der Waals surface area contributed by atoms with Crippen LogP contribution in [0.1, 0.15) is 36.2 Å². The Kier molecular flexibility index (Phi) is 4.31.